The Kier molecular flexibility index (Phi) is 8.68. The number of aliphatic hydroxyl groups excluding tert-OH is 1. The van der Waals surface area contributed by atoms with Crippen molar-refractivity contribution < 1.29 is 19.4 Å². The van der Waals surface area contributed by atoms with E-state index in [9.17, 15) is 9.90 Å². The molecule has 2 aromatic carbocycles. The molecule has 0 aliphatic heterocycles. The van der Waals surface area contributed by atoms with Gasteiger partial charge in [0.25, 0.3) is 0 Å². The second-order valence-electron chi connectivity index (χ2n) is 7.84. The first-order chi connectivity index (χ1) is 13.8. The Bertz CT molecular complexity index is 771. The Morgan fingerprint density at radius 3 is 2.48 bits per heavy atom. The Labute approximate surface area is 174 Å². The van der Waals surface area contributed by atoms with Gasteiger partial charge in [0.1, 0.15) is 24.2 Å². The van der Waals surface area contributed by atoms with Gasteiger partial charge in [0.15, 0.2) is 5.78 Å². The Morgan fingerprint density at radius 2 is 1.83 bits per heavy atom. The van der Waals surface area contributed by atoms with E-state index in [4.69, 9.17) is 9.47 Å². The molecule has 0 aliphatic carbocycles. The van der Waals surface area contributed by atoms with Gasteiger partial charge in [0.05, 0.1) is 7.11 Å². The topological polar surface area (TPSA) is 67.8 Å². The van der Waals surface area contributed by atoms with E-state index < -0.39 is 6.10 Å². The van der Waals surface area contributed by atoms with E-state index in [-0.39, 0.29) is 17.9 Å². The molecule has 2 rings (SSSR count). The van der Waals surface area contributed by atoms with E-state index >= 15 is 0 Å². The van der Waals surface area contributed by atoms with Gasteiger partial charge in [-0.1, -0.05) is 25.1 Å². The first kappa shape index (κ1) is 22.9. The van der Waals surface area contributed by atoms with Crippen LogP contribution in [0.5, 0.6) is 11.5 Å². The number of carbonyl (C=O) groups is 1. The van der Waals surface area contributed by atoms with Crippen LogP contribution in [-0.4, -0.2) is 42.8 Å². The summed E-state index contributed by atoms with van der Waals surface area (Å²) in [4.78, 5) is 12.5. The minimum Gasteiger partial charge on any atom is -0.497 e. The van der Waals surface area contributed by atoms with E-state index in [1.807, 2.05) is 24.3 Å². The summed E-state index contributed by atoms with van der Waals surface area (Å²) in [6.07, 6.45) is 1.35. The number of β-amino-alcohol motifs (C(OH)–C–C–N with tert-alkyl or cyclic N) is 1. The molecule has 5 nitrogen and oxygen atoms in total. The molecule has 5 heteroatoms. The van der Waals surface area contributed by atoms with Crippen molar-refractivity contribution in [3.8, 4) is 11.5 Å². The molecule has 0 saturated heterocycles. The van der Waals surface area contributed by atoms with Crippen LogP contribution in [0.15, 0.2) is 48.5 Å². The number of benzene rings is 2. The number of nitrogens with one attached hydrogen (secondary N) is 1. The lowest BCUT2D eigenvalue weighted by Crippen LogP contribution is -2.44. The van der Waals surface area contributed by atoms with Crippen LogP contribution >= 0.6 is 0 Å². The maximum Gasteiger partial charge on any atom is 0.163 e. The highest BCUT2D eigenvalue weighted by molar-refractivity contribution is 5.96. The molecular weight excluding hydrogens is 366 g/mol. The van der Waals surface area contributed by atoms with E-state index in [0.717, 1.165) is 17.7 Å². The van der Waals surface area contributed by atoms with E-state index in [1.165, 1.54) is 0 Å². The van der Waals surface area contributed by atoms with Gasteiger partial charge in [-0.25, -0.2) is 0 Å². The highest BCUT2D eigenvalue weighted by Crippen LogP contribution is 2.21. The number of ketones is 1. The average molecular weight is 400 g/mol. The minimum atomic E-state index is -0.602. The SMILES string of the molecule is CCC(C)(C)NCC(O)COc1ccccc1CCC(=O)c1ccc(OC)cc1. The molecule has 29 heavy (non-hydrogen) atoms. The van der Waals surface area contributed by atoms with Crippen molar-refractivity contribution in [2.45, 2.75) is 51.7 Å². The number of methoxy groups -OCH3 is 1. The van der Waals surface area contributed by atoms with Crippen molar-refractivity contribution >= 4 is 5.78 Å². The number of carbonyl (C=O) groups excluding carboxylic acids is 1. The summed E-state index contributed by atoms with van der Waals surface area (Å²) in [6.45, 7) is 7.00. The lowest BCUT2D eigenvalue weighted by Gasteiger charge is -2.26. The molecule has 0 saturated carbocycles. The van der Waals surface area contributed by atoms with Crippen LogP contribution in [-0.2, 0) is 6.42 Å². The molecule has 2 N–H and O–H groups in total. The molecule has 0 spiro atoms. The summed E-state index contributed by atoms with van der Waals surface area (Å²) in [5, 5.41) is 13.6. The quantitative estimate of drug-likeness (QED) is 0.528. The molecule has 158 valence electrons. The number of ether oxygens (including phenoxy) is 2. The van der Waals surface area contributed by atoms with Gasteiger partial charge >= 0.3 is 0 Å². The van der Waals surface area contributed by atoms with E-state index in [2.05, 4.69) is 26.1 Å². The van der Waals surface area contributed by atoms with Gasteiger partial charge in [-0.2, -0.15) is 0 Å². The molecule has 1 atom stereocenters. The predicted molar refractivity (Wildman–Crippen MR) is 116 cm³/mol. The monoisotopic (exact) mass is 399 g/mol. The number of hydrogen-bond donors (Lipinski definition) is 2. The molecule has 0 fully saturated rings. The largest absolute Gasteiger partial charge is 0.497 e. The fourth-order valence-corrected chi connectivity index (χ4v) is 2.78. The molecular formula is C24H33NO4. The first-order valence-corrected chi connectivity index (χ1v) is 10.2. The minimum absolute atomic E-state index is 0.0132. The van der Waals surface area contributed by atoms with Gasteiger partial charge in [-0.05, 0) is 62.6 Å². The summed E-state index contributed by atoms with van der Waals surface area (Å²) in [5.41, 5.74) is 1.62. The molecule has 2 aromatic rings. The lowest BCUT2D eigenvalue weighted by molar-refractivity contribution is 0.0966. The molecule has 1 unspecified atom stereocenters. The molecule has 0 aromatic heterocycles. The Morgan fingerprint density at radius 1 is 1.14 bits per heavy atom. The van der Waals surface area contributed by atoms with Crippen LogP contribution in [0.1, 0.15) is 49.5 Å². The Balaban J connectivity index is 1.88. The third kappa shape index (κ3) is 7.52. The fourth-order valence-electron chi connectivity index (χ4n) is 2.78. The normalized spacial score (nSPS) is 12.4. The summed E-state index contributed by atoms with van der Waals surface area (Å²) in [5.74, 6) is 1.52. The lowest BCUT2D eigenvalue weighted by atomic mass is 10.0. The van der Waals surface area contributed by atoms with Crippen LogP contribution in [0.4, 0.5) is 0 Å². The molecule has 0 amide bonds. The van der Waals surface area contributed by atoms with Crippen molar-refractivity contribution in [3.63, 3.8) is 0 Å². The smallest absolute Gasteiger partial charge is 0.163 e. The van der Waals surface area contributed by atoms with Crippen LogP contribution in [0.3, 0.4) is 0 Å². The number of para-hydroxylation sites is 1. The maximum absolute atomic E-state index is 12.5. The van der Waals surface area contributed by atoms with Crippen LogP contribution in [0.2, 0.25) is 0 Å². The fraction of sp³-hybridized carbons (Fsp3) is 0.458. The standard InChI is InChI=1S/C24H33NO4/c1-5-24(2,3)25-16-20(26)17-29-23-9-7-6-8-19(23)12-15-22(27)18-10-13-21(28-4)14-11-18/h6-11,13-14,20,25-26H,5,12,15-17H2,1-4H3. The third-order valence-corrected chi connectivity index (χ3v) is 5.14. The predicted octanol–water partition coefficient (Wildman–Crippen LogP) is 4.03. The van der Waals surface area contributed by atoms with Gasteiger partial charge in [-0.15, -0.1) is 0 Å². The van der Waals surface area contributed by atoms with E-state index in [1.54, 1.807) is 31.4 Å². The highest BCUT2D eigenvalue weighted by atomic mass is 16.5. The average Bonchev–Trinajstić information content (AvgIpc) is 2.75. The summed E-state index contributed by atoms with van der Waals surface area (Å²) >= 11 is 0. The Hall–Kier alpha value is -2.37. The van der Waals surface area contributed by atoms with Gasteiger partial charge < -0.3 is 19.9 Å². The van der Waals surface area contributed by atoms with Crippen molar-refractivity contribution in [1.82, 2.24) is 5.32 Å². The number of Topliss-reactive ketones (excluding diaryl/α,β-unsaturated/α-hetero) is 1. The molecule has 0 radical (unpaired) electrons. The van der Waals surface area contributed by atoms with Crippen molar-refractivity contribution in [2.24, 2.45) is 0 Å². The van der Waals surface area contributed by atoms with Gasteiger partial charge in [-0.3, -0.25) is 4.79 Å². The van der Waals surface area contributed by atoms with Crippen molar-refractivity contribution in [3.05, 3.63) is 59.7 Å². The number of aliphatic hydroxyl groups is 1. The van der Waals surface area contributed by atoms with Crippen LogP contribution in [0, 0.1) is 0 Å². The van der Waals surface area contributed by atoms with Gasteiger partial charge in [0, 0.05) is 24.1 Å². The van der Waals surface area contributed by atoms with Crippen LogP contribution < -0.4 is 14.8 Å². The zero-order valence-corrected chi connectivity index (χ0v) is 17.9. The zero-order chi connectivity index (χ0) is 21.3. The number of hydrogen-bond acceptors (Lipinski definition) is 5. The summed E-state index contributed by atoms with van der Waals surface area (Å²) < 4.78 is 11.0. The molecule has 0 aliphatic rings. The first-order valence-electron chi connectivity index (χ1n) is 10.2. The highest BCUT2D eigenvalue weighted by Gasteiger charge is 2.16. The summed E-state index contributed by atoms with van der Waals surface area (Å²) in [7, 11) is 1.60. The molecule has 0 bridgehead atoms. The number of rotatable bonds is 12. The maximum atomic E-state index is 12.5. The van der Waals surface area contributed by atoms with Crippen LogP contribution in [0.25, 0.3) is 0 Å². The summed E-state index contributed by atoms with van der Waals surface area (Å²) in [6, 6.07) is 14.8. The van der Waals surface area contributed by atoms with E-state index in [0.29, 0.717) is 30.7 Å². The second kappa shape index (κ2) is 11.0. The molecule has 0 heterocycles. The van der Waals surface area contributed by atoms with Gasteiger partial charge in [0.2, 0.25) is 0 Å². The number of aryl methyl sites for hydroxylation is 1. The zero-order valence-electron chi connectivity index (χ0n) is 17.9. The third-order valence-electron chi connectivity index (χ3n) is 5.14. The van der Waals surface area contributed by atoms with Crippen molar-refractivity contribution in [1.29, 1.82) is 0 Å². The second-order valence-corrected chi connectivity index (χ2v) is 7.84. The van der Waals surface area contributed by atoms with Crippen molar-refractivity contribution in [2.75, 3.05) is 20.3 Å².